The van der Waals surface area contributed by atoms with Crippen LogP contribution in [0.15, 0.2) is 30.3 Å². The molecule has 0 bridgehead atoms. The summed E-state index contributed by atoms with van der Waals surface area (Å²) < 4.78 is 5.31. The molecule has 0 unspecified atom stereocenters. The molecule has 0 saturated carbocycles. The average Bonchev–Trinajstić information content (AvgIpc) is 3.09. The lowest BCUT2D eigenvalue weighted by Crippen LogP contribution is -2.51. The molecule has 1 radical (unpaired) electrons. The maximum Gasteiger partial charge on any atom is 0.410 e. The van der Waals surface area contributed by atoms with Gasteiger partial charge in [0, 0.05) is 6.54 Å². The molecule has 7 nitrogen and oxygen atoms in total. The highest BCUT2D eigenvalue weighted by molar-refractivity contribution is 5.90. The monoisotopic (exact) mass is 360 g/mol. The van der Waals surface area contributed by atoms with Crippen molar-refractivity contribution in [3.8, 4) is 0 Å². The molecule has 26 heavy (non-hydrogen) atoms. The van der Waals surface area contributed by atoms with Crippen molar-refractivity contribution in [3.63, 3.8) is 0 Å². The Hall–Kier alpha value is -2.57. The highest BCUT2D eigenvalue weighted by atomic mass is 16.6. The summed E-state index contributed by atoms with van der Waals surface area (Å²) in [4.78, 5) is 37.7. The van der Waals surface area contributed by atoms with Crippen LogP contribution in [0.2, 0.25) is 0 Å². The third-order valence-electron chi connectivity index (χ3n) is 4.34. The summed E-state index contributed by atoms with van der Waals surface area (Å²) in [6.45, 7) is 4.43. The van der Waals surface area contributed by atoms with Crippen molar-refractivity contribution in [2.45, 2.75) is 51.8 Å². The van der Waals surface area contributed by atoms with E-state index in [-0.39, 0.29) is 12.5 Å². The van der Waals surface area contributed by atoms with E-state index in [4.69, 9.17) is 10.5 Å². The zero-order valence-electron chi connectivity index (χ0n) is 15.2. The van der Waals surface area contributed by atoms with Gasteiger partial charge in [-0.2, -0.15) is 0 Å². The Balaban J connectivity index is 1.94. The van der Waals surface area contributed by atoms with Crippen molar-refractivity contribution in [3.05, 3.63) is 35.9 Å². The second-order valence-corrected chi connectivity index (χ2v) is 6.95. The van der Waals surface area contributed by atoms with E-state index in [1.807, 2.05) is 44.2 Å². The van der Waals surface area contributed by atoms with Crippen LogP contribution in [0.5, 0.6) is 0 Å². The fraction of sp³-hybridized carbons (Fsp3) is 0.526. The van der Waals surface area contributed by atoms with Gasteiger partial charge in [-0.15, -0.1) is 0 Å². The maximum atomic E-state index is 12.5. The number of nitrogens with one attached hydrogen (secondary N) is 2. The van der Waals surface area contributed by atoms with Gasteiger partial charge in [0.25, 0.3) is 5.91 Å². The van der Waals surface area contributed by atoms with E-state index in [1.54, 1.807) is 0 Å². The molecule has 1 aliphatic heterocycles. The number of carbonyl (C=O) groups is 3. The first-order valence-electron chi connectivity index (χ1n) is 8.91. The number of hydrogen-bond donors (Lipinski definition) is 1. The van der Waals surface area contributed by atoms with E-state index in [0.717, 1.165) is 5.56 Å². The van der Waals surface area contributed by atoms with Crippen LogP contribution in [0.1, 0.15) is 38.7 Å². The number of amides is 3. The van der Waals surface area contributed by atoms with Crippen LogP contribution in [0.4, 0.5) is 4.79 Å². The Bertz CT molecular complexity index is 633. The number of ether oxygens (including phenoxy) is 1. The Kier molecular flexibility index (Phi) is 7.00. The predicted octanol–water partition coefficient (Wildman–Crippen LogP) is 2.13. The van der Waals surface area contributed by atoms with Crippen LogP contribution < -0.4 is 11.1 Å². The van der Waals surface area contributed by atoms with E-state index in [2.05, 4.69) is 5.32 Å². The molecule has 1 aliphatic rings. The smallest absolute Gasteiger partial charge is 0.410 e. The number of rotatable bonds is 7. The second-order valence-electron chi connectivity index (χ2n) is 6.95. The highest BCUT2D eigenvalue weighted by Crippen LogP contribution is 2.19. The topological polar surface area (TPSA) is 99.5 Å². The molecule has 1 fully saturated rings. The van der Waals surface area contributed by atoms with Gasteiger partial charge in [-0.25, -0.2) is 4.79 Å². The molecule has 2 atom stereocenters. The number of carbonyl (C=O) groups excluding carboxylic acids is 3. The number of likely N-dealkylation sites (tertiary alicyclic amines) is 1. The molecule has 2 N–H and O–H groups in total. The van der Waals surface area contributed by atoms with E-state index < -0.39 is 30.0 Å². The minimum Gasteiger partial charge on any atom is -0.445 e. The summed E-state index contributed by atoms with van der Waals surface area (Å²) in [7, 11) is 0. The first kappa shape index (κ1) is 19.8. The normalized spacial score (nSPS) is 17.8. The maximum absolute atomic E-state index is 12.5. The molecule has 141 valence electrons. The van der Waals surface area contributed by atoms with Crippen molar-refractivity contribution in [1.29, 1.82) is 0 Å². The summed E-state index contributed by atoms with van der Waals surface area (Å²) in [5, 5.41) is 2.62. The Morgan fingerprint density at radius 3 is 2.58 bits per heavy atom. The lowest BCUT2D eigenvalue weighted by molar-refractivity contribution is -0.130. The molecular formula is C19H26N3O4. The standard InChI is InChI=1S/C19H26N3O4/c1-13(2)11-15(17(20)23)21-18(24)16-9-6-10-22(16)19(25)26-12-14-7-4-3-5-8-14/h3-5,7-8,13,15-16,20H,6,9-12H2,1-2H3,(H,21,24)/t15-,16-/m0/s1. The summed E-state index contributed by atoms with van der Waals surface area (Å²) in [6, 6.07) is 7.82. The van der Waals surface area contributed by atoms with Gasteiger partial charge in [-0.3, -0.25) is 20.2 Å². The van der Waals surface area contributed by atoms with Gasteiger partial charge in [0.2, 0.25) is 5.91 Å². The van der Waals surface area contributed by atoms with Crippen molar-refractivity contribution >= 4 is 17.9 Å². The van der Waals surface area contributed by atoms with Crippen LogP contribution in [-0.2, 0) is 20.9 Å². The second kappa shape index (κ2) is 9.22. The summed E-state index contributed by atoms with van der Waals surface area (Å²) in [5.41, 5.74) is 8.20. The van der Waals surface area contributed by atoms with E-state index in [0.29, 0.717) is 25.8 Å². The molecule has 0 aliphatic carbocycles. The van der Waals surface area contributed by atoms with Gasteiger partial charge in [0.1, 0.15) is 18.7 Å². The first-order chi connectivity index (χ1) is 12.4. The Labute approximate surface area is 153 Å². The Morgan fingerprint density at radius 2 is 1.96 bits per heavy atom. The summed E-state index contributed by atoms with van der Waals surface area (Å²) in [5.74, 6) is -1.04. The van der Waals surface area contributed by atoms with Crippen LogP contribution in [-0.4, -0.2) is 41.4 Å². The predicted molar refractivity (Wildman–Crippen MR) is 95.8 cm³/mol. The molecule has 1 saturated heterocycles. The zero-order chi connectivity index (χ0) is 19.1. The van der Waals surface area contributed by atoms with Gasteiger partial charge in [-0.1, -0.05) is 44.2 Å². The first-order valence-corrected chi connectivity index (χ1v) is 8.91. The summed E-state index contributed by atoms with van der Waals surface area (Å²) >= 11 is 0. The molecule has 2 rings (SSSR count). The van der Waals surface area contributed by atoms with Gasteiger partial charge >= 0.3 is 6.09 Å². The van der Waals surface area contributed by atoms with E-state index in [1.165, 1.54) is 4.90 Å². The van der Waals surface area contributed by atoms with Crippen molar-refractivity contribution in [2.75, 3.05) is 6.54 Å². The molecule has 1 aromatic rings. The molecule has 1 aromatic carbocycles. The molecule has 7 heteroatoms. The highest BCUT2D eigenvalue weighted by Gasteiger charge is 2.36. The fourth-order valence-corrected chi connectivity index (χ4v) is 3.03. The van der Waals surface area contributed by atoms with Gasteiger partial charge in [0.05, 0.1) is 0 Å². The molecule has 3 amide bonds. The van der Waals surface area contributed by atoms with Crippen molar-refractivity contribution in [2.24, 2.45) is 5.92 Å². The average molecular weight is 360 g/mol. The fourth-order valence-electron chi connectivity index (χ4n) is 3.03. The van der Waals surface area contributed by atoms with Crippen molar-refractivity contribution in [1.82, 2.24) is 16.0 Å². The van der Waals surface area contributed by atoms with E-state index >= 15 is 0 Å². The Morgan fingerprint density at radius 1 is 1.27 bits per heavy atom. The summed E-state index contributed by atoms with van der Waals surface area (Å²) in [6.07, 6.45) is 1.08. The van der Waals surface area contributed by atoms with Gasteiger partial charge < -0.3 is 10.1 Å². The van der Waals surface area contributed by atoms with Gasteiger partial charge in [0.15, 0.2) is 0 Å². The third kappa shape index (κ3) is 5.47. The van der Waals surface area contributed by atoms with Crippen LogP contribution >= 0.6 is 0 Å². The SMILES string of the molecule is CC(C)C[C@H](NC(=O)[C@@H]1CCCN1C(=O)OCc1ccccc1)C([NH])=O. The lowest BCUT2D eigenvalue weighted by Gasteiger charge is -2.25. The van der Waals surface area contributed by atoms with Crippen LogP contribution in [0, 0.1) is 5.92 Å². The lowest BCUT2D eigenvalue weighted by atomic mass is 10.0. The quantitative estimate of drug-likeness (QED) is 0.805. The molecule has 0 spiro atoms. The molecule has 0 aromatic heterocycles. The molecular weight excluding hydrogens is 334 g/mol. The van der Waals surface area contributed by atoms with Crippen molar-refractivity contribution < 1.29 is 19.1 Å². The van der Waals surface area contributed by atoms with Gasteiger partial charge in [-0.05, 0) is 30.7 Å². The largest absolute Gasteiger partial charge is 0.445 e. The minimum atomic E-state index is -0.842. The molecule has 1 heterocycles. The number of nitrogens with zero attached hydrogens (tertiary/aromatic N) is 1. The zero-order valence-corrected chi connectivity index (χ0v) is 15.2. The minimum absolute atomic E-state index is 0.145. The number of hydrogen-bond acceptors (Lipinski definition) is 4. The third-order valence-corrected chi connectivity index (χ3v) is 4.34. The van der Waals surface area contributed by atoms with Crippen LogP contribution in [0.25, 0.3) is 0 Å². The number of benzene rings is 1. The van der Waals surface area contributed by atoms with E-state index in [9.17, 15) is 14.4 Å². The van der Waals surface area contributed by atoms with Crippen LogP contribution in [0.3, 0.4) is 0 Å².